The second kappa shape index (κ2) is 5.63. The van der Waals surface area contributed by atoms with Crippen LogP contribution < -0.4 is 5.32 Å². The summed E-state index contributed by atoms with van der Waals surface area (Å²) in [7, 11) is 0. The molecule has 0 unspecified atom stereocenters. The third-order valence-electron chi connectivity index (χ3n) is 3.30. The van der Waals surface area contributed by atoms with E-state index in [2.05, 4.69) is 38.4 Å². The number of halogens is 1. The van der Waals surface area contributed by atoms with Crippen molar-refractivity contribution in [1.29, 1.82) is 0 Å². The van der Waals surface area contributed by atoms with Crippen molar-refractivity contribution in [3.05, 3.63) is 34.6 Å². The molecular weight excluding hydrogens is 322 g/mol. The van der Waals surface area contributed by atoms with Gasteiger partial charge < -0.3 is 14.5 Å². The summed E-state index contributed by atoms with van der Waals surface area (Å²) in [5.74, 6) is 1.13. The number of hydrogen-bond acceptors (Lipinski definition) is 5. The fourth-order valence-electron chi connectivity index (χ4n) is 2.09. The minimum absolute atomic E-state index is 0.241. The highest BCUT2D eigenvalue weighted by molar-refractivity contribution is 9.10. The highest BCUT2D eigenvalue weighted by Crippen LogP contribution is 2.27. The summed E-state index contributed by atoms with van der Waals surface area (Å²) in [6.07, 6.45) is 0. The number of aromatic nitrogens is 2. The predicted octanol–water partition coefficient (Wildman–Crippen LogP) is 2.63. The van der Waals surface area contributed by atoms with E-state index in [1.165, 1.54) is 0 Å². The van der Waals surface area contributed by atoms with E-state index in [0.29, 0.717) is 18.3 Å². The third-order valence-corrected chi connectivity index (χ3v) is 3.99. The average Bonchev–Trinajstić information content (AvgIpc) is 2.86. The molecule has 2 aromatic rings. The number of nitrogens with zero attached hydrogens (tertiary/aromatic N) is 2. The molecule has 0 bridgehead atoms. The van der Waals surface area contributed by atoms with Crippen molar-refractivity contribution in [1.82, 2.24) is 15.5 Å². The molecule has 0 radical (unpaired) electrons. The minimum atomic E-state index is 0.241. The molecule has 1 aromatic heterocycles. The first kappa shape index (κ1) is 13.7. The van der Waals surface area contributed by atoms with Gasteiger partial charge in [-0.2, -0.15) is 0 Å². The van der Waals surface area contributed by atoms with Crippen LogP contribution in [-0.2, 0) is 11.3 Å². The normalized spacial score (nSPS) is 16.9. The standard InChI is InChI=1S/C14H16BrN3O2/c1-14(8-19-9-14)7-16-6-12-17-18-13(20-12)10-4-2-3-5-11(10)15/h2-5,16H,6-9H2,1H3. The second-order valence-electron chi connectivity index (χ2n) is 5.39. The Balaban J connectivity index is 1.61. The Kier molecular flexibility index (Phi) is 3.87. The van der Waals surface area contributed by atoms with Crippen molar-refractivity contribution in [2.75, 3.05) is 19.8 Å². The van der Waals surface area contributed by atoms with E-state index in [9.17, 15) is 0 Å². The molecule has 20 heavy (non-hydrogen) atoms. The summed E-state index contributed by atoms with van der Waals surface area (Å²) in [4.78, 5) is 0. The topological polar surface area (TPSA) is 60.2 Å². The van der Waals surface area contributed by atoms with Gasteiger partial charge in [0.1, 0.15) is 0 Å². The van der Waals surface area contributed by atoms with Gasteiger partial charge in [0.2, 0.25) is 11.8 Å². The fraction of sp³-hybridized carbons (Fsp3) is 0.429. The van der Waals surface area contributed by atoms with Crippen LogP contribution in [0.15, 0.2) is 33.2 Å². The lowest BCUT2D eigenvalue weighted by Gasteiger charge is -2.38. The Hall–Kier alpha value is -1.24. The van der Waals surface area contributed by atoms with Gasteiger partial charge in [0, 0.05) is 16.4 Å². The van der Waals surface area contributed by atoms with Crippen molar-refractivity contribution >= 4 is 15.9 Å². The smallest absolute Gasteiger partial charge is 0.248 e. The summed E-state index contributed by atoms with van der Waals surface area (Å²) in [6.45, 7) is 5.29. The van der Waals surface area contributed by atoms with Gasteiger partial charge in [-0.3, -0.25) is 0 Å². The third kappa shape index (κ3) is 2.92. The quantitative estimate of drug-likeness (QED) is 0.908. The van der Waals surface area contributed by atoms with Gasteiger partial charge in [-0.05, 0) is 28.1 Å². The molecule has 1 N–H and O–H groups in total. The molecule has 0 aliphatic carbocycles. The van der Waals surface area contributed by atoms with Gasteiger partial charge >= 0.3 is 0 Å². The van der Waals surface area contributed by atoms with Crippen molar-refractivity contribution in [3.63, 3.8) is 0 Å². The zero-order valence-corrected chi connectivity index (χ0v) is 12.8. The molecule has 106 valence electrons. The maximum atomic E-state index is 5.67. The first-order valence-electron chi connectivity index (χ1n) is 6.52. The molecule has 1 fully saturated rings. The first-order chi connectivity index (χ1) is 9.66. The molecule has 3 rings (SSSR count). The molecular formula is C14H16BrN3O2. The van der Waals surface area contributed by atoms with Crippen LogP contribution in [0.3, 0.4) is 0 Å². The summed E-state index contributed by atoms with van der Waals surface area (Å²) in [6, 6.07) is 7.80. The van der Waals surface area contributed by atoms with Gasteiger partial charge in [0.15, 0.2) is 0 Å². The Morgan fingerprint density at radius 1 is 1.30 bits per heavy atom. The number of nitrogens with one attached hydrogen (secondary N) is 1. The van der Waals surface area contributed by atoms with Crippen molar-refractivity contribution in [2.24, 2.45) is 5.41 Å². The molecule has 1 aliphatic heterocycles. The van der Waals surface area contributed by atoms with E-state index in [4.69, 9.17) is 9.15 Å². The number of rotatable bonds is 5. The van der Waals surface area contributed by atoms with Crippen LogP contribution in [-0.4, -0.2) is 30.0 Å². The van der Waals surface area contributed by atoms with Crippen LogP contribution in [0.2, 0.25) is 0 Å². The number of hydrogen-bond donors (Lipinski definition) is 1. The molecule has 1 aliphatic rings. The largest absolute Gasteiger partial charge is 0.419 e. The Morgan fingerprint density at radius 2 is 2.10 bits per heavy atom. The van der Waals surface area contributed by atoms with Gasteiger partial charge in [-0.1, -0.05) is 19.1 Å². The van der Waals surface area contributed by atoms with Gasteiger partial charge in [-0.25, -0.2) is 0 Å². The van der Waals surface area contributed by atoms with Gasteiger partial charge in [-0.15, -0.1) is 10.2 Å². The lowest BCUT2D eigenvalue weighted by molar-refractivity contribution is -0.0993. The highest BCUT2D eigenvalue weighted by atomic mass is 79.9. The zero-order chi connectivity index (χ0) is 14.0. The summed E-state index contributed by atoms with van der Waals surface area (Å²) < 4.78 is 11.8. The molecule has 0 atom stereocenters. The fourth-order valence-corrected chi connectivity index (χ4v) is 2.55. The molecule has 2 heterocycles. The lowest BCUT2D eigenvalue weighted by Crippen LogP contribution is -2.47. The monoisotopic (exact) mass is 337 g/mol. The average molecular weight is 338 g/mol. The van der Waals surface area contributed by atoms with E-state index in [0.717, 1.165) is 29.8 Å². The summed E-state index contributed by atoms with van der Waals surface area (Å²) in [5.41, 5.74) is 1.15. The van der Waals surface area contributed by atoms with Crippen molar-refractivity contribution in [3.8, 4) is 11.5 Å². The molecule has 1 saturated heterocycles. The van der Waals surface area contributed by atoms with Crippen LogP contribution in [0.1, 0.15) is 12.8 Å². The van der Waals surface area contributed by atoms with Gasteiger partial charge in [0.05, 0.1) is 25.3 Å². The summed E-state index contributed by atoms with van der Waals surface area (Å²) >= 11 is 3.48. The van der Waals surface area contributed by atoms with E-state index in [1.54, 1.807) is 0 Å². The molecule has 5 nitrogen and oxygen atoms in total. The van der Waals surface area contributed by atoms with E-state index < -0.39 is 0 Å². The SMILES string of the molecule is CC1(CNCc2nnc(-c3ccccc3Br)o2)COC1. The zero-order valence-electron chi connectivity index (χ0n) is 11.2. The maximum absolute atomic E-state index is 5.67. The van der Waals surface area contributed by atoms with Crippen LogP contribution >= 0.6 is 15.9 Å². The molecule has 0 amide bonds. The van der Waals surface area contributed by atoms with Crippen LogP contribution in [0.25, 0.3) is 11.5 Å². The van der Waals surface area contributed by atoms with E-state index in [-0.39, 0.29) is 5.41 Å². The molecule has 0 spiro atoms. The molecule has 0 saturated carbocycles. The second-order valence-corrected chi connectivity index (χ2v) is 6.24. The van der Waals surface area contributed by atoms with E-state index >= 15 is 0 Å². The first-order valence-corrected chi connectivity index (χ1v) is 7.31. The number of ether oxygens (including phenoxy) is 1. The van der Waals surface area contributed by atoms with Crippen molar-refractivity contribution < 1.29 is 9.15 Å². The summed E-state index contributed by atoms with van der Waals surface area (Å²) in [5, 5.41) is 11.5. The molecule has 6 heteroatoms. The Labute approximate surface area is 125 Å². The van der Waals surface area contributed by atoms with Crippen LogP contribution in [0.5, 0.6) is 0 Å². The number of benzene rings is 1. The van der Waals surface area contributed by atoms with Crippen molar-refractivity contribution in [2.45, 2.75) is 13.5 Å². The lowest BCUT2D eigenvalue weighted by atomic mass is 9.89. The highest BCUT2D eigenvalue weighted by Gasteiger charge is 2.32. The van der Waals surface area contributed by atoms with Crippen LogP contribution in [0.4, 0.5) is 0 Å². The van der Waals surface area contributed by atoms with Crippen LogP contribution in [0, 0.1) is 5.41 Å². The Morgan fingerprint density at radius 3 is 2.80 bits per heavy atom. The molecule has 1 aromatic carbocycles. The minimum Gasteiger partial charge on any atom is -0.419 e. The predicted molar refractivity (Wildman–Crippen MR) is 78.1 cm³/mol. The maximum Gasteiger partial charge on any atom is 0.248 e. The van der Waals surface area contributed by atoms with E-state index in [1.807, 2.05) is 24.3 Å². The Bertz CT molecular complexity index is 596. The van der Waals surface area contributed by atoms with Gasteiger partial charge in [0.25, 0.3) is 0 Å².